The zero-order valence-corrected chi connectivity index (χ0v) is 15.8. The number of rotatable bonds is 3. The van der Waals surface area contributed by atoms with Crippen LogP contribution in [0.4, 0.5) is 4.39 Å². The molecule has 2 aromatic carbocycles. The predicted molar refractivity (Wildman–Crippen MR) is 105 cm³/mol. The molecule has 0 saturated carbocycles. The Balaban J connectivity index is 0.00000180. The van der Waals surface area contributed by atoms with Crippen molar-refractivity contribution < 1.29 is 4.39 Å². The molecule has 2 atom stereocenters. The molecule has 3 aromatic rings. The highest BCUT2D eigenvalue weighted by atomic mass is 35.5. The number of fused-ring (bicyclic) bond motifs is 3. The van der Waals surface area contributed by atoms with Gasteiger partial charge >= 0.3 is 0 Å². The molecule has 6 heteroatoms. The number of hydrogen-bond donors (Lipinski definition) is 0. The Kier molecular flexibility index (Phi) is 4.98. The summed E-state index contributed by atoms with van der Waals surface area (Å²) in [5.74, 6) is 0.372. The van der Waals surface area contributed by atoms with Gasteiger partial charge in [-0.25, -0.2) is 9.07 Å². The van der Waals surface area contributed by atoms with Crippen molar-refractivity contribution in [2.24, 2.45) is 5.92 Å². The van der Waals surface area contributed by atoms with E-state index in [4.69, 9.17) is 0 Å². The van der Waals surface area contributed by atoms with Crippen LogP contribution in [0, 0.1) is 11.7 Å². The van der Waals surface area contributed by atoms with E-state index in [-0.39, 0.29) is 18.2 Å². The summed E-state index contributed by atoms with van der Waals surface area (Å²) in [6.45, 7) is 3.04. The Morgan fingerprint density at radius 3 is 2.59 bits per heavy atom. The lowest BCUT2D eigenvalue weighted by Gasteiger charge is -2.25. The molecular weight excluding hydrogens is 363 g/mol. The zero-order valence-electron chi connectivity index (χ0n) is 15.0. The average molecular weight is 385 g/mol. The Hall–Kier alpha value is -2.24. The summed E-state index contributed by atoms with van der Waals surface area (Å²) in [5, 5.41) is 8.78. The van der Waals surface area contributed by atoms with Crippen molar-refractivity contribution in [2.75, 3.05) is 13.1 Å². The normalized spacial score (nSPS) is 21.4. The van der Waals surface area contributed by atoms with Gasteiger partial charge in [0.05, 0.1) is 11.7 Å². The molecule has 2 aliphatic heterocycles. The minimum absolute atomic E-state index is 0. The minimum atomic E-state index is -0.227. The lowest BCUT2D eigenvalue weighted by atomic mass is 9.91. The number of benzene rings is 2. The fraction of sp³-hybridized carbons (Fsp3) is 0.333. The van der Waals surface area contributed by atoms with Crippen LogP contribution in [0.2, 0.25) is 0 Å². The SMILES string of the molecule is Cl.Fc1ccccc1-c1nnn2c1CC[C@@H]1CN(Cc3ccccc3)C[C@H]12. The Labute approximate surface area is 164 Å². The van der Waals surface area contributed by atoms with Crippen LogP contribution in [0.3, 0.4) is 0 Å². The quantitative estimate of drug-likeness (QED) is 0.681. The predicted octanol–water partition coefficient (Wildman–Crippen LogP) is 4.13. The second kappa shape index (κ2) is 7.41. The molecule has 4 nitrogen and oxygen atoms in total. The summed E-state index contributed by atoms with van der Waals surface area (Å²) in [5.41, 5.74) is 3.70. The van der Waals surface area contributed by atoms with Gasteiger partial charge in [-0.05, 0) is 36.5 Å². The first kappa shape index (κ1) is 18.1. The van der Waals surface area contributed by atoms with Gasteiger partial charge in [0.1, 0.15) is 11.5 Å². The third-order valence-corrected chi connectivity index (χ3v) is 5.72. The van der Waals surface area contributed by atoms with E-state index >= 15 is 0 Å². The van der Waals surface area contributed by atoms with Gasteiger partial charge in [-0.15, -0.1) is 17.5 Å². The molecule has 140 valence electrons. The molecule has 0 radical (unpaired) electrons. The largest absolute Gasteiger partial charge is 0.297 e. The van der Waals surface area contributed by atoms with Crippen molar-refractivity contribution in [1.82, 2.24) is 19.9 Å². The summed E-state index contributed by atoms with van der Waals surface area (Å²) in [4.78, 5) is 2.50. The fourth-order valence-corrected chi connectivity index (χ4v) is 4.47. The first-order chi connectivity index (χ1) is 12.8. The van der Waals surface area contributed by atoms with E-state index in [9.17, 15) is 4.39 Å². The molecule has 1 aromatic heterocycles. The van der Waals surface area contributed by atoms with E-state index in [1.165, 1.54) is 11.6 Å². The maximum absolute atomic E-state index is 14.2. The molecule has 2 aliphatic rings. The van der Waals surface area contributed by atoms with Crippen molar-refractivity contribution in [1.29, 1.82) is 0 Å². The van der Waals surface area contributed by atoms with Gasteiger partial charge < -0.3 is 0 Å². The van der Waals surface area contributed by atoms with Crippen LogP contribution in [0.15, 0.2) is 54.6 Å². The standard InChI is InChI=1S/C21H21FN4.ClH/c22-18-9-5-4-8-17(18)21-19-11-10-16-13-25(12-15-6-2-1-3-7-15)14-20(16)26(19)24-23-21;/h1-9,16,20H,10-14H2;1H/t16-,20-;/m1./s1. The highest BCUT2D eigenvalue weighted by Crippen LogP contribution is 2.39. The van der Waals surface area contributed by atoms with Gasteiger partial charge in [0.15, 0.2) is 0 Å². The Morgan fingerprint density at radius 2 is 1.78 bits per heavy atom. The number of nitrogens with zero attached hydrogens (tertiary/aromatic N) is 4. The number of hydrogen-bond acceptors (Lipinski definition) is 3. The first-order valence-electron chi connectivity index (χ1n) is 9.25. The van der Waals surface area contributed by atoms with Crippen molar-refractivity contribution >= 4 is 12.4 Å². The van der Waals surface area contributed by atoms with Crippen molar-refractivity contribution in [3.8, 4) is 11.3 Å². The maximum Gasteiger partial charge on any atom is 0.132 e. The third-order valence-electron chi connectivity index (χ3n) is 5.72. The topological polar surface area (TPSA) is 34.0 Å². The molecule has 0 unspecified atom stereocenters. The molecule has 0 amide bonds. The third kappa shape index (κ3) is 3.26. The van der Waals surface area contributed by atoms with Gasteiger partial charge in [-0.2, -0.15) is 0 Å². The van der Waals surface area contributed by atoms with Gasteiger partial charge in [0.25, 0.3) is 0 Å². The number of likely N-dealkylation sites (tertiary alicyclic amines) is 1. The molecule has 0 N–H and O–H groups in total. The molecular formula is C21H22ClFN4. The van der Waals surface area contributed by atoms with Crippen LogP contribution < -0.4 is 0 Å². The van der Waals surface area contributed by atoms with Gasteiger partial charge in [-0.1, -0.05) is 47.7 Å². The second-order valence-corrected chi connectivity index (χ2v) is 7.35. The summed E-state index contributed by atoms with van der Waals surface area (Å²) in [7, 11) is 0. The molecule has 3 heterocycles. The molecule has 0 spiro atoms. The van der Waals surface area contributed by atoms with Crippen molar-refractivity contribution in [3.05, 3.63) is 71.7 Å². The van der Waals surface area contributed by atoms with Crippen LogP contribution in [-0.4, -0.2) is 33.0 Å². The van der Waals surface area contributed by atoms with E-state index in [2.05, 4.69) is 50.2 Å². The van der Waals surface area contributed by atoms with Crippen LogP contribution in [-0.2, 0) is 13.0 Å². The van der Waals surface area contributed by atoms with Crippen LogP contribution >= 0.6 is 12.4 Å². The molecule has 27 heavy (non-hydrogen) atoms. The minimum Gasteiger partial charge on any atom is -0.297 e. The lowest BCUT2D eigenvalue weighted by molar-refractivity contribution is 0.306. The van der Waals surface area contributed by atoms with E-state index in [1.807, 2.05) is 6.07 Å². The lowest BCUT2D eigenvalue weighted by Crippen LogP contribution is -2.26. The monoisotopic (exact) mass is 384 g/mol. The molecule has 0 aliphatic carbocycles. The van der Waals surface area contributed by atoms with Gasteiger partial charge in [0.2, 0.25) is 0 Å². The highest BCUT2D eigenvalue weighted by molar-refractivity contribution is 5.85. The molecule has 5 rings (SSSR count). The van der Waals surface area contributed by atoms with E-state index in [1.54, 1.807) is 12.1 Å². The Morgan fingerprint density at radius 1 is 1.00 bits per heavy atom. The highest BCUT2D eigenvalue weighted by Gasteiger charge is 2.39. The number of halogens is 2. The smallest absolute Gasteiger partial charge is 0.132 e. The maximum atomic E-state index is 14.2. The van der Waals surface area contributed by atoms with E-state index in [0.29, 0.717) is 23.2 Å². The fourth-order valence-electron chi connectivity index (χ4n) is 4.47. The molecule has 1 fully saturated rings. The number of aromatic nitrogens is 3. The molecule has 0 bridgehead atoms. The summed E-state index contributed by atoms with van der Waals surface area (Å²) in [6, 6.07) is 17.8. The Bertz CT molecular complexity index is 927. The summed E-state index contributed by atoms with van der Waals surface area (Å²) >= 11 is 0. The van der Waals surface area contributed by atoms with E-state index in [0.717, 1.165) is 38.2 Å². The van der Waals surface area contributed by atoms with Crippen LogP contribution in [0.5, 0.6) is 0 Å². The summed E-state index contributed by atoms with van der Waals surface area (Å²) in [6.07, 6.45) is 2.03. The van der Waals surface area contributed by atoms with Gasteiger partial charge in [0, 0.05) is 25.2 Å². The average Bonchev–Trinajstić information content (AvgIpc) is 3.26. The first-order valence-corrected chi connectivity index (χ1v) is 9.25. The molecule has 1 saturated heterocycles. The zero-order chi connectivity index (χ0) is 17.5. The van der Waals surface area contributed by atoms with Crippen LogP contribution in [0.25, 0.3) is 11.3 Å². The van der Waals surface area contributed by atoms with Crippen molar-refractivity contribution in [2.45, 2.75) is 25.4 Å². The van der Waals surface area contributed by atoms with Crippen molar-refractivity contribution in [3.63, 3.8) is 0 Å². The van der Waals surface area contributed by atoms with Gasteiger partial charge in [-0.3, -0.25) is 4.90 Å². The van der Waals surface area contributed by atoms with Crippen LogP contribution in [0.1, 0.15) is 23.7 Å². The summed E-state index contributed by atoms with van der Waals surface area (Å²) < 4.78 is 16.3. The van der Waals surface area contributed by atoms with E-state index < -0.39 is 0 Å². The second-order valence-electron chi connectivity index (χ2n) is 7.35.